The van der Waals surface area contributed by atoms with Crippen LogP contribution in [0.4, 0.5) is 0 Å². The van der Waals surface area contributed by atoms with Crippen LogP contribution in [0.15, 0.2) is 65.9 Å². The zero-order chi connectivity index (χ0) is 24.8. The minimum Gasteiger partial charge on any atom is -0.504 e. The number of aromatic hydroxyl groups is 1. The zero-order valence-corrected chi connectivity index (χ0v) is 19.7. The average Bonchev–Trinajstić information content (AvgIpc) is 3.13. The fourth-order valence-corrected chi connectivity index (χ4v) is 4.35. The predicted molar refractivity (Wildman–Crippen MR) is 131 cm³/mol. The second kappa shape index (κ2) is 11.2. The second-order valence-corrected chi connectivity index (χ2v) is 8.39. The van der Waals surface area contributed by atoms with Gasteiger partial charge in [-0.05, 0) is 36.3 Å². The van der Waals surface area contributed by atoms with Crippen molar-refractivity contribution in [3.63, 3.8) is 0 Å². The molecule has 2 heterocycles. The van der Waals surface area contributed by atoms with Gasteiger partial charge in [0.05, 0.1) is 31.4 Å². The van der Waals surface area contributed by atoms with Gasteiger partial charge in [-0.3, -0.25) is 14.5 Å². The maximum absolute atomic E-state index is 13.3. The summed E-state index contributed by atoms with van der Waals surface area (Å²) in [6.45, 7) is 5.81. The van der Waals surface area contributed by atoms with E-state index in [0.29, 0.717) is 38.5 Å². The molecule has 0 spiro atoms. The third kappa shape index (κ3) is 5.55. The van der Waals surface area contributed by atoms with Gasteiger partial charge in [-0.25, -0.2) is 0 Å². The molecular weight excluding hydrogens is 448 g/mol. The van der Waals surface area contributed by atoms with Crippen LogP contribution >= 0.6 is 0 Å². The van der Waals surface area contributed by atoms with Gasteiger partial charge in [-0.1, -0.05) is 42.5 Å². The van der Waals surface area contributed by atoms with Crippen LogP contribution in [0.1, 0.15) is 24.1 Å². The first-order valence-corrected chi connectivity index (χ1v) is 11.8. The summed E-state index contributed by atoms with van der Waals surface area (Å²) in [5, 5.41) is 21.0. The number of ether oxygens (including phenoxy) is 2. The molecule has 0 aliphatic carbocycles. The summed E-state index contributed by atoms with van der Waals surface area (Å²) in [6.07, 6.45) is 3.03. The van der Waals surface area contributed by atoms with Crippen LogP contribution in [-0.4, -0.2) is 77.7 Å². The molecule has 1 fully saturated rings. The highest BCUT2D eigenvalue weighted by atomic mass is 16.5. The van der Waals surface area contributed by atoms with Crippen LogP contribution in [0.5, 0.6) is 11.5 Å². The molecule has 0 aromatic heterocycles. The Morgan fingerprint density at radius 1 is 1.11 bits per heavy atom. The highest BCUT2D eigenvalue weighted by molar-refractivity contribution is 6.14. The van der Waals surface area contributed by atoms with Crippen LogP contribution in [0.3, 0.4) is 0 Å². The normalized spacial score (nSPS) is 19.1. The molecule has 184 valence electrons. The Morgan fingerprint density at radius 2 is 1.86 bits per heavy atom. The number of carbonyl (C=O) groups excluding carboxylic acids is 2. The summed E-state index contributed by atoms with van der Waals surface area (Å²) in [4.78, 5) is 30.1. The molecular formula is C27H30N2O6. The molecule has 8 heteroatoms. The molecule has 2 aliphatic rings. The van der Waals surface area contributed by atoms with Gasteiger partial charge in [-0.15, -0.1) is 0 Å². The first-order chi connectivity index (χ1) is 17.0. The van der Waals surface area contributed by atoms with Crippen molar-refractivity contribution in [2.24, 2.45) is 0 Å². The van der Waals surface area contributed by atoms with E-state index in [1.807, 2.05) is 30.3 Å². The standard InChI is InChI=1S/C27H30N2O6/c1-2-35-23-18-20(9-11-21(23)30)25-24(22(31)10-8-19-6-4-3-5-7-19)26(32)27(33)29(25)13-12-28-14-16-34-17-15-28/h3-11,18,25,30,32H,2,12-17H2,1H3/b10-8+. The van der Waals surface area contributed by atoms with Gasteiger partial charge in [0, 0.05) is 26.2 Å². The molecule has 1 atom stereocenters. The van der Waals surface area contributed by atoms with Crippen molar-refractivity contribution in [3.8, 4) is 11.5 Å². The number of benzene rings is 2. The van der Waals surface area contributed by atoms with Gasteiger partial charge >= 0.3 is 0 Å². The van der Waals surface area contributed by atoms with E-state index < -0.39 is 23.5 Å². The Labute approximate surface area is 204 Å². The number of carbonyl (C=O) groups is 2. The van der Waals surface area contributed by atoms with E-state index in [2.05, 4.69) is 4.90 Å². The number of morpholine rings is 1. The number of aliphatic hydroxyl groups excluding tert-OH is 1. The lowest BCUT2D eigenvalue weighted by atomic mass is 9.95. The maximum Gasteiger partial charge on any atom is 0.290 e. The number of nitrogens with zero attached hydrogens (tertiary/aromatic N) is 2. The fraction of sp³-hybridized carbons (Fsp3) is 0.333. The van der Waals surface area contributed by atoms with E-state index in [4.69, 9.17) is 9.47 Å². The minimum absolute atomic E-state index is 0.0114. The van der Waals surface area contributed by atoms with Gasteiger partial charge in [-0.2, -0.15) is 0 Å². The van der Waals surface area contributed by atoms with Crippen LogP contribution in [0.25, 0.3) is 6.08 Å². The summed E-state index contributed by atoms with van der Waals surface area (Å²) < 4.78 is 10.9. The number of phenols is 1. The van der Waals surface area contributed by atoms with Gasteiger partial charge in [0.1, 0.15) is 0 Å². The SMILES string of the molecule is CCOc1cc(C2C(C(=O)/C=C/c3ccccc3)=C(O)C(=O)N2CCN2CCOCC2)ccc1O. The van der Waals surface area contributed by atoms with Gasteiger partial charge in [0.15, 0.2) is 23.0 Å². The summed E-state index contributed by atoms with van der Waals surface area (Å²) in [6, 6.07) is 13.3. The molecule has 0 saturated carbocycles. The highest BCUT2D eigenvalue weighted by Gasteiger charge is 2.43. The molecule has 1 saturated heterocycles. The average molecular weight is 479 g/mol. The van der Waals surface area contributed by atoms with E-state index >= 15 is 0 Å². The predicted octanol–water partition coefficient (Wildman–Crippen LogP) is 3.10. The smallest absolute Gasteiger partial charge is 0.290 e. The molecule has 8 nitrogen and oxygen atoms in total. The molecule has 1 amide bonds. The lowest BCUT2D eigenvalue weighted by Crippen LogP contribution is -2.43. The number of hydrogen-bond acceptors (Lipinski definition) is 7. The van der Waals surface area contributed by atoms with Crippen LogP contribution < -0.4 is 4.74 Å². The number of rotatable bonds is 9. The Morgan fingerprint density at radius 3 is 2.57 bits per heavy atom. The minimum atomic E-state index is -0.809. The fourth-order valence-electron chi connectivity index (χ4n) is 4.35. The van der Waals surface area contributed by atoms with Crippen molar-refractivity contribution in [1.29, 1.82) is 0 Å². The molecule has 2 aromatic carbocycles. The molecule has 35 heavy (non-hydrogen) atoms. The van der Waals surface area contributed by atoms with Crippen molar-refractivity contribution in [2.75, 3.05) is 46.0 Å². The Balaban J connectivity index is 1.67. The van der Waals surface area contributed by atoms with E-state index in [1.54, 1.807) is 25.1 Å². The number of ketones is 1. The topological polar surface area (TPSA) is 99.5 Å². The van der Waals surface area contributed by atoms with E-state index in [0.717, 1.165) is 18.7 Å². The Bertz CT molecular complexity index is 1120. The molecule has 2 N–H and O–H groups in total. The van der Waals surface area contributed by atoms with Crippen molar-refractivity contribution < 1.29 is 29.3 Å². The third-order valence-corrected chi connectivity index (χ3v) is 6.16. The lowest BCUT2D eigenvalue weighted by molar-refractivity contribution is -0.129. The molecule has 4 rings (SSSR count). The van der Waals surface area contributed by atoms with E-state index in [1.165, 1.54) is 17.0 Å². The largest absolute Gasteiger partial charge is 0.504 e. The van der Waals surface area contributed by atoms with Crippen LogP contribution in [0, 0.1) is 0 Å². The van der Waals surface area contributed by atoms with Crippen molar-refractivity contribution in [2.45, 2.75) is 13.0 Å². The Hall–Kier alpha value is -3.62. The highest BCUT2D eigenvalue weighted by Crippen LogP contribution is 2.40. The first-order valence-electron chi connectivity index (χ1n) is 11.8. The third-order valence-electron chi connectivity index (χ3n) is 6.16. The molecule has 1 unspecified atom stereocenters. The van der Waals surface area contributed by atoms with Crippen LogP contribution in [0.2, 0.25) is 0 Å². The number of phenolic OH excluding ortho intramolecular Hbond substituents is 1. The zero-order valence-electron chi connectivity index (χ0n) is 19.7. The number of amides is 1. The quantitative estimate of drug-likeness (QED) is 0.534. The van der Waals surface area contributed by atoms with Crippen molar-refractivity contribution in [3.05, 3.63) is 77.1 Å². The van der Waals surface area contributed by atoms with Crippen molar-refractivity contribution in [1.82, 2.24) is 9.80 Å². The van der Waals surface area contributed by atoms with E-state index in [9.17, 15) is 19.8 Å². The van der Waals surface area contributed by atoms with E-state index in [-0.39, 0.29) is 17.1 Å². The first kappa shape index (κ1) is 24.5. The van der Waals surface area contributed by atoms with Gasteiger partial charge < -0.3 is 24.6 Å². The number of hydrogen-bond donors (Lipinski definition) is 2. The molecule has 2 aliphatic heterocycles. The van der Waals surface area contributed by atoms with Gasteiger partial charge in [0.25, 0.3) is 5.91 Å². The Kier molecular flexibility index (Phi) is 7.84. The lowest BCUT2D eigenvalue weighted by Gasteiger charge is -2.31. The van der Waals surface area contributed by atoms with Crippen molar-refractivity contribution >= 4 is 17.8 Å². The summed E-state index contributed by atoms with van der Waals surface area (Å²) in [7, 11) is 0. The molecule has 0 radical (unpaired) electrons. The monoisotopic (exact) mass is 478 g/mol. The summed E-state index contributed by atoms with van der Waals surface area (Å²) in [5.41, 5.74) is 1.41. The second-order valence-electron chi connectivity index (χ2n) is 8.39. The molecule has 2 aromatic rings. The van der Waals surface area contributed by atoms with Gasteiger partial charge in [0.2, 0.25) is 0 Å². The number of aliphatic hydroxyl groups is 1. The van der Waals surface area contributed by atoms with Crippen LogP contribution in [-0.2, 0) is 14.3 Å². The number of allylic oxidation sites excluding steroid dienone is 1. The summed E-state index contributed by atoms with van der Waals surface area (Å²) in [5.74, 6) is -1.38. The molecule has 0 bridgehead atoms. The maximum atomic E-state index is 13.3. The summed E-state index contributed by atoms with van der Waals surface area (Å²) >= 11 is 0.